The molecule has 3 nitrogen and oxygen atoms in total. The first-order valence-corrected chi connectivity index (χ1v) is 8.99. The Hall–Kier alpha value is -1.84. The Kier molecular flexibility index (Phi) is 6.26. The fraction of sp³-hybridized carbons (Fsp3) is 0.381. The summed E-state index contributed by atoms with van der Waals surface area (Å²) in [6.07, 6.45) is 0. The van der Waals surface area contributed by atoms with Crippen LogP contribution in [0.2, 0.25) is 5.02 Å². The molecule has 0 aliphatic rings. The normalized spacial score (nSPS) is 11.6. The van der Waals surface area contributed by atoms with E-state index in [9.17, 15) is 4.79 Å². The lowest BCUT2D eigenvalue weighted by atomic mass is 9.94. The first-order chi connectivity index (χ1) is 11.7. The molecule has 134 valence electrons. The molecule has 2 rings (SSSR count). The molecule has 2 aromatic carbocycles. The zero-order valence-corrected chi connectivity index (χ0v) is 16.4. The first-order valence-electron chi connectivity index (χ1n) is 8.61. The van der Waals surface area contributed by atoms with Crippen LogP contribution in [0.1, 0.15) is 50.3 Å². The smallest absolute Gasteiger partial charge is 0.238 e. The van der Waals surface area contributed by atoms with Crippen LogP contribution in [0, 0.1) is 6.92 Å². The summed E-state index contributed by atoms with van der Waals surface area (Å²) in [4.78, 5) is 12.5. The lowest BCUT2D eigenvalue weighted by molar-refractivity contribution is -0.115. The minimum absolute atomic E-state index is 0.0433. The van der Waals surface area contributed by atoms with E-state index in [1.807, 2.05) is 43.3 Å². The third kappa shape index (κ3) is 5.07. The number of hydrogen-bond donors (Lipinski definition) is 2. The number of nitrogens with one attached hydrogen (secondary N) is 2. The van der Waals surface area contributed by atoms with Gasteiger partial charge in [-0.15, -0.1) is 0 Å². The molecule has 2 N–H and O–H groups in total. The molecular weight excluding hydrogens is 332 g/mol. The van der Waals surface area contributed by atoms with Crippen molar-refractivity contribution in [2.75, 3.05) is 11.9 Å². The van der Waals surface area contributed by atoms with Crippen molar-refractivity contribution in [3.63, 3.8) is 0 Å². The number of amides is 1. The summed E-state index contributed by atoms with van der Waals surface area (Å²) in [6, 6.07) is 13.8. The standard InChI is InChI=1S/C21H27ClN2O/c1-14(2)18-8-6-7-15(3)20(18)24-19(25)13-23-21(4,5)16-9-11-17(22)12-10-16/h6-12,14,23H,13H2,1-5H3,(H,24,25). The zero-order chi connectivity index (χ0) is 18.6. The molecule has 0 unspecified atom stereocenters. The summed E-state index contributed by atoms with van der Waals surface area (Å²) in [6.45, 7) is 10.6. The van der Waals surface area contributed by atoms with E-state index in [2.05, 4.69) is 44.4 Å². The van der Waals surface area contributed by atoms with Gasteiger partial charge < -0.3 is 5.32 Å². The van der Waals surface area contributed by atoms with Crippen molar-refractivity contribution in [3.05, 3.63) is 64.2 Å². The molecule has 0 fully saturated rings. The number of anilines is 1. The van der Waals surface area contributed by atoms with Crippen LogP contribution < -0.4 is 10.6 Å². The Labute approximate surface area is 155 Å². The van der Waals surface area contributed by atoms with Gasteiger partial charge in [0.2, 0.25) is 5.91 Å². The van der Waals surface area contributed by atoms with Gasteiger partial charge in [0.05, 0.1) is 6.54 Å². The molecule has 25 heavy (non-hydrogen) atoms. The van der Waals surface area contributed by atoms with Gasteiger partial charge in [-0.1, -0.05) is 55.8 Å². The van der Waals surface area contributed by atoms with Gasteiger partial charge in [-0.25, -0.2) is 0 Å². The van der Waals surface area contributed by atoms with Gasteiger partial charge in [0.15, 0.2) is 0 Å². The quantitative estimate of drug-likeness (QED) is 0.741. The van der Waals surface area contributed by atoms with Crippen LogP contribution in [0.5, 0.6) is 0 Å². The fourth-order valence-electron chi connectivity index (χ4n) is 2.80. The van der Waals surface area contributed by atoms with Crippen LogP contribution in [0.3, 0.4) is 0 Å². The van der Waals surface area contributed by atoms with Crippen molar-refractivity contribution in [2.45, 2.75) is 46.1 Å². The Bertz CT molecular complexity index is 736. The topological polar surface area (TPSA) is 41.1 Å². The van der Waals surface area contributed by atoms with E-state index in [4.69, 9.17) is 11.6 Å². The number of hydrogen-bond acceptors (Lipinski definition) is 2. The van der Waals surface area contributed by atoms with Gasteiger partial charge in [0, 0.05) is 16.2 Å². The molecule has 0 saturated carbocycles. The molecule has 0 aliphatic carbocycles. The average molecular weight is 359 g/mol. The first kappa shape index (κ1) is 19.5. The maximum Gasteiger partial charge on any atom is 0.238 e. The molecule has 1 amide bonds. The Morgan fingerprint density at radius 2 is 1.76 bits per heavy atom. The highest BCUT2D eigenvalue weighted by Gasteiger charge is 2.21. The lowest BCUT2D eigenvalue weighted by Gasteiger charge is -2.27. The van der Waals surface area contributed by atoms with Crippen LogP contribution in [0.4, 0.5) is 5.69 Å². The molecule has 0 spiro atoms. The van der Waals surface area contributed by atoms with Crippen molar-refractivity contribution < 1.29 is 4.79 Å². The van der Waals surface area contributed by atoms with Crippen molar-refractivity contribution in [2.24, 2.45) is 0 Å². The van der Waals surface area contributed by atoms with Gasteiger partial charge in [-0.2, -0.15) is 0 Å². The highest BCUT2D eigenvalue weighted by molar-refractivity contribution is 6.30. The SMILES string of the molecule is Cc1cccc(C(C)C)c1NC(=O)CNC(C)(C)c1ccc(Cl)cc1. The van der Waals surface area contributed by atoms with Gasteiger partial charge in [0.25, 0.3) is 0 Å². The van der Waals surface area contributed by atoms with Gasteiger partial charge in [-0.3, -0.25) is 10.1 Å². The van der Waals surface area contributed by atoms with Gasteiger partial charge in [0.1, 0.15) is 0 Å². The van der Waals surface area contributed by atoms with Crippen molar-refractivity contribution in [1.29, 1.82) is 0 Å². The third-order valence-corrected chi connectivity index (χ3v) is 4.70. The lowest BCUT2D eigenvalue weighted by Crippen LogP contribution is -2.41. The second-order valence-electron chi connectivity index (χ2n) is 7.23. The summed E-state index contributed by atoms with van der Waals surface area (Å²) < 4.78 is 0. The fourth-order valence-corrected chi connectivity index (χ4v) is 2.92. The summed E-state index contributed by atoms with van der Waals surface area (Å²) in [5.41, 5.74) is 3.92. The number of carbonyl (C=O) groups excluding carboxylic acids is 1. The van der Waals surface area contributed by atoms with E-state index in [1.54, 1.807) is 0 Å². The molecule has 4 heteroatoms. The maximum absolute atomic E-state index is 12.5. The number of aryl methyl sites for hydroxylation is 1. The molecule has 0 atom stereocenters. The van der Waals surface area contributed by atoms with Crippen molar-refractivity contribution >= 4 is 23.2 Å². The highest BCUT2D eigenvalue weighted by atomic mass is 35.5. The summed E-state index contributed by atoms with van der Waals surface area (Å²) in [5, 5.41) is 7.11. The monoisotopic (exact) mass is 358 g/mol. The Morgan fingerprint density at radius 3 is 2.36 bits per heavy atom. The van der Waals surface area contributed by atoms with Crippen molar-refractivity contribution in [3.8, 4) is 0 Å². The second-order valence-corrected chi connectivity index (χ2v) is 7.66. The Morgan fingerprint density at radius 1 is 1.12 bits per heavy atom. The van der Waals surface area contributed by atoms with Crippen LogP contribution in [-0.4, -0.2) is 12.5 Å². The van der Waals surface area contributed by atoms with Crippen LogP contribution in [0.25, 0.3) is 0 Å². The largest absolute Gasteiger partial charge is 0.324 e. The predicted molar refractivity (Wildman–Crippen MR) is 106 cm³/mol. The molecule has 0 aromatic heterocycles. The molecule has 0 radical (unpaired) electrons. The van der Waals surface area contributed by atoms with E-state index < -0.39 is 0 Å². The van der Waals surface area contributed by atoms with Crippen LogP contribution in [0.15, 0.2) is 42.5 Å². The molecular formula is C21H27ClN2O. The summed E-state index contributed by atoms with van der Waals surface area (Å²) in [5.74, 6) is 0.312. The van der Waals surface area contributed by atoms with Gasteiger partial charge in [-0.05, 0) is 55.5 Å². The number of para-hydroxylation sites is 1. The minimum atomic E-state index is -0.325. The van der Waals surface area contributed by atoms with Crippen molar-refractivity contribution in [1.82, 2.24) is 5.32 Å². The average Bonchev–Trinajstić information content (AvgIpc) is 2.55. The van der Waals surface area contributed by atoms with Gasteiger partial charge >= 0.3 is 0 Å². The third-order valence-electron chi connectivity index (χ3n) is 4.45. The highest BCUT2D eigenvalue weighted by Crippen LogP contribution is 2.27. The number of carbonyl (C=O) groups is 1. The van der Waals surface area contributed by atoms with Crippen LogP contribution in [-0.2, 0) is 10.3 Å². The van der Waals surface area contributed by atoms with E-state index in [0.29, 0.717) is 10.9 Å². The second kappa shape index (κ2) is 8.03. The predicted octanol–water partition coefficient (Wildman–Crippen LogP) is 5.24. The zero-order valence-electron chi connectivity index (χ0n) is 15.6. The summed E-state index contributed by atoms with van der Waals surface area (Å²) >= 11 is 5.95. The summed E-state index contributed by atoms with van der Waals surface area (Å²) in [7, 11) is 0. The van der Waals surface area contributed by atoms with E-state index in [1.165, 1.54) is 0 Å². The molecule has 0 aliphatic heterocycles. The number of benzene rings is 2. The molecule has 2 aromatic rings. The Balaban J connectivity index is 2.05. The molecule has 0 bridgehead atoms. The molecule has 0 saturated heterocycles. The number of halogens is 1. The number of rotatable bonds is 6. The van der Waals surface area contributed by atoms with E-state index in [0.717, 1.165) is 22.4 Å². The van der Waals surface area contributed by atoms with Crippen LogP contribution >= 0.6 is 11.6 Å². The van der Waals surface area contributed by atoms with E-state index in [-0.39, 0.29) is 18.0 Å². The minimum Gasteiger partial charge on any atom is -0.324 e. The molecule has 0 heterocycles. The maximum atomic E-state index is 12.5. The van der Waals surface area contributed by atoms with E-state index >= 15 is 0 Å².